The van der Waals surface area contributed by atoms with Gasteiger partial charge in [0.15, 0.2) is 0 Å². The van der Waals surface area contributed by atoms with Gasteiger partial charge >= 0.3 is 0 Å². The van der Waals surface area contributed by atoms with Gasteiger partial charge in [-0.3, -0.25) is 0 Å². The van der Waals surface area contributed by atoms with Crippen molar-refractivity contribution in [3.63, 3.8) is 0 Å². The Kier molecular flexibility index (Phi) is 4.32. The van der Waals surface area contributed by atoms with E-state index in [4.69, 9.17) is 17.3 Å². The molecular weight excluding hydrogens is 273 g/mol. The van der Waals surface area contributed by atoms with Gasteiger partial charge in [-0.05, 0) is 60.8 Å². The molecule has 4 unspecified atom stereocenters. The van der Waals surface area contributed by atoms with Crippen LogP contribution in [0.4, 0.5) is 4.39 Å². The lowest BCUT2D eigenvalue weighted by atomic mass is 9.65. The molecule has 0 amide bonds. The van der Waals surface area contributed by atoms with E-state index >= 15 is 0 Å². The molecule has 0 radical (unpaired) electrons. The van der Waals surface area contributed by atoms with Crippen molar-refractivity contribution >= 4 is 11.6 Å². The second kappa shape index (κ2) is 6.03. The predicted octanol–water partition coefficient (Wildman–Crippen LogP) is 5.09. The van der Waals surface area contributed by atoms with Crippen LogP contribution in [0.5, 0.6) is 0 Å². The zero-order valence-corrected chi connectivity index (χ0v) is 12.6. The van der Waals surface area contributed by atoms with E-state index < -0.39 is 0 Å². The average molecular weight is 296 g/mol. The summed E-state index contributed by atoms with van der Waals surface area (Å²) in [4.78, 5) is 0. The van der Waals surface area contributed by atoms with E-state index in [1.165, 1.54) is 50.7 Å². The molecule has 20 heavy (non-hydrogen) atoms. The molecule has 1 aromatic rings. The zero-order valence-electron chi connectivity index (χ0n) is 11.8. The molecule has 3 heteroatoms. The first kappa shape index (κ1) is 14.3. The molecule has 0 spiro atoms. The topological polar surface area (TPSA) is 26.0 Å². The first-order valence-electron chi connectivity index (χ1n) is 7.85. The fourth-order valence-electron chi connectivity index (χ4n) is 4.26. The zero-order chi connectivity index (χ0) is 14.1. The van der Waals surface area contributed by atoms with Gasteiger partial charge in [-0.1, -0.05) is 37.3 Å². The Morgan fingerprint density at radius 2 is 1.85 bits per heavy atom. The highest BCUT2D eigenvalue weighted by Crippen LogP contribution is 2.46. The highest BCUT2D eigenvalue weighted by atomic mass is 35.5. The molecule has 2 saturated carbocycles. The van der Waals surface area contributed by atoms with E-state index in [-0.39, 0.29) is 11.9 Å². The maximum absolute atomic E-state index is 13.4. The van der Waals surface area contributed by atoms with Gasteiger partial charge < -0.3 is 5.73 Å². The van der Waals surface area contributed by atoms with Gasteiger partial charge in [0.25, 0.3) is 0 Å². The van der Waals surface area contributed by atoms with Gasteiger partial charge in [-0.25, -0.2) is 4.39 Å². The minimum absolute atomic E-state index is 0.124. The fraction of sp³-hybridized carbons (Fsp3) is 0.647. The molecule has 0 aliphatic heterocycles. The summed E-state index contributed by atoms with van der Waals surface area (Å²) >= 11 is 6.20. The lowest BCUT2D eigenvalue weighted by Gasteiger charge is -2.41. The van der Waals surface area contributed by atoms with Crippen LogP contribution in [0.1, 0.15) is 56.6 Å². The molecule has 2 aliphatic rings. The van der Waals surface area contributed by atoms with Gasteiger partial charge in [0, 0.05) is 11.1 Å². The van der Waals surface area contributed by atoms with Crippen molar-refractivity contribution in [3.05, 3.63) is 34.6 Å². The molecule has 2 N–H and O–H groups in total. The Morgan fingerprint density at radius 1 is 1.10 bits per heavy atom. The Labute approximate surface area is 125 Å². The van der Waals surface area contributed by atoms with E-state index in [2.05, 4.69) is 0 Å². The summed E-state index contributed by atoms with van der Waals surface area (Å²) in [5.41, 5.74) is 7.19. The van der Waals surface area contributed by atoms with Crippen molar-refractivity contribution in [2.45, 2.75) is 51.0 Å². The largest absolute Gasteiger partial charge is 0.324 e. The predicted molar refractivity (Wildman–Crippen MR) is 81.1 cm³/mol. The van der Waals surface area contributed by atoms with Crippen LogP contribution in [-0.4, -0.2) is 0 Å². The fourth-order valence-corrected chi connectivity index (χ4v) is 4.50. The summed E-state index contributed by atoms with van der Waals surface area (Å²) < 4.78 is 13.4. The average Bonchev–Trinajstić information content (AvgIpc) is 2.48. The van der Waals surface area contributed by atoms with Gasteiger partial charge in [-0.15, -0.1) is 0 Å². The minimum atomic E-state index is -0.244. The van der Waals surface area contributed by atoms with Crippen molar-refractivity contribution in [2.24, 2.45) is 23.5 Å². The van der Waals surface area contributed by atoms with Crippen LogP contribution in [-0.2, 0) is 0 Å². The van der Waals surface area contributed by atoms with Crippen LogP contribution in [0.15, 0.2) is 18.2 Å². The summed E-state index contributed by atoms with van der Waals surface area (Å²) in [6.07, 6.45) is 9.15. The third-order valence-electron chi connectivity index (χ3n) is 5.41. The highest BCUT2D eigenvalue weighted by Gasteiger charge is 2.35. The smallest absolute Gasteiger partial charge is 0.123 e. The Morgan fingerprint density at radius 3 is 2.65 bits per heavy atom. The normalized spacial score (nSPS) is 31.6. The van der Waals surface area contributed by atoms with Crippen molar-refractivity contribution in [1.29, 1.82) is 0 Å². The van der Waals surface area contributed by atoms with E-state index in [1.54, 1.807) is 6.07 Å². The SMILES string of the molecule is NC(c1cc(F)ccc1Cl)C1CCC2CCCCC2C1. The molecule has 1 aromatic carbocycles. The lowest BCUT2D eigenvalue weighted by molar-refractivity contribution is 0.117. The standard InChI is InChI=1S/C17H23ClFN/c18-16-8-7-14(19)10-15(16)17(20)13-6-5-11-3-1-2-4-12(11)9-13/h7-8,10-13,17H,1-6,9,20H2. The molecule has 0 saturated heterocycles. The van der Waals surface area contributed by atoms with Gasteiger partial charge in [0.1, 0.15) is 5.82 Å². The molecule has 3 rings (SSSR count). The summed E-state index contributed by atoms with van der Waals surface area (Å²) in [6, 6.07) is 4.41. The Balaban J connectivity index is 1.74. The number of nitrogens with two attached hydrogens (primary N) is 1. The molecule has 2 fully saturated rings. The van der Waals surface area contributed by atoms with E-state index in [0.29, 0.717) is 10.9 Å². The van der Waals surface area contributed by atoms with Crippen molar-refractivity contribution in [1.82, 2.24) is 0 Å². The molecule has 1 nitrogen and oxygen atoms in total. The van der Waals surface area contributed by atoms with Crippen LogP contribution in [0.3, 0.4) is 0 Å². The third-order valence-corrected chi connectivity index (χ3v) is 5.75. The van der Waals surface area contributed by atoms with E-state index in [1.807, 2.05) is 0 Å². The molecule has 0 aromatic heterocycles. The first-order valence-corrected chi connectivity index (χ1v) is 8.23. The molecule has 2 aliphatic carbocycles. The van der Waals surface area contributed by atoms with Gasteiger partial charge in [-0.2, -0.15) is 0 Å². The molecule has 0 heterocycles. The third kappa shape index (κ3) is 2.87. The second-order valence-electron chi connectivity index (χ2n) is 6.57. The number of rotatable bonds is 2. The summed E-state index contributed by atoms with van der Waals surface area (Å²) in [5, 5.41) is 0.602. The summed E-state index contributed by atoms with van der Waals surface area (Å²) in [5.74, 6) is 1.95. The lowest BCUT2D eigenvalue weighted by Crippen LogP contribution is -2.33. The second-order valence-corrected chi connectivity index (χ2v) is 6.98. The molecular formula is C17H23ClFN. The number of fused-ring (bicyclic) bond motifs is 1. The Bertz CT molecular complexity index is 476. The number of halogens is 2. The number of hydrogen-bond acceptors (Lipinski definition) is 1. The number of benzene rings is 1. The van der Waals surface area contributed by atoms with Gasteiger partial charge in [0.05, 0.1) is 0 Å². The maximum atomic E-state index is 13.4. The van der Waals surface area contributed by atoms with Crippen LogP contribution in [0.2, 0.25) is 5.02 Å². The van der Waals surface area contributed by atoms with Crippen molar-refractivity contribution < 1.29 is 4.39 Å². The first-order chi connectivity index (χ1) is 9.65. The van der Waals surface area contributed by atoms with Crippen molar-refractivity contribution in [2.75, 3.05) is 0 Å². The van der Waals surface area contributed by atoms with Crippen LogP contribution >= 0.6 is 11.6 Å². The molecule has 4 atom stereocenters. The molecule has 0 bridgehead atoms. The van der Waals surface area contributed by atoms with Crippen LogP contribution in [0.25, 0.3) is 0 Å². The van der Waals surface area contributed by atoms with Crippen LogP contribution < -0.4 is 5.73 Å². The Hall–Kier alpha value is -0.600. The quantitative estimate of drug-likeness (QED) is 0.808. The minimum Gasteiger partial charge on any atom is -0.324 e. The molecule has 110 valence electrons. The van der Waals surface area contributed by atoms with E-state index in [9.17, 15) is 4.39 Å². The monoisotopic (exact) mass is 295 g/mol. The van der Waals surface area contributed by atoms with Crippen molar-refractivity contribution in [3.8, 4) is 0 Å². The van der Waals surface area contributed by atoms with Gasteiger partial charge in [0.2, 0.25) is 0 Å². The summed E-state index contributed by atoms with van der Waals surface area (Å²) in [7, 11) is 0. The van der Waals surface area contributed by atoms with Crippen LogP contribution in [0, 0.1) is 23.6 Å². The number of hydrogen-bond donors (Lipinski definition) is 1. The summed E-state index contributed by atoms with van der Waals surface area (Å²) in [6.45, 7) is 0. The van der Waals surface area contributed by atoms with E-state index in [0.717, 1.165) is 23.8 Å². The maximum Gasteiger partial charge on any atom is 0.123 e. The highest BCUT2D eigenvalue weighted by molar-refractivity contribution is 6.31.